The van der Waals surface area contributed by atoms with Gasteiger partial charge in [0.25, 0.3) is 0 Å². The Hall–Kier alpha value is 0.600. The van der Waals surface area contributed by atoms with Crippen LogP contribution in [0.1, 0.15) is 57.1 Å². The van der Waals surface area contributed by atoms with Gasteiger partial charge in [0.2, 0.25) is 5.91 Å². The van der Waals surface area contributed by atoms with Crippen LogP contribution in [0.25, 0.3) is 0 Å². The first kappa shape index (κ1) is 28.8. The molecule has 0 fully saturated rings. The van der Waals surface area contributed by atoms with Crippen LogP contribution in [0.5, 0.6) is 5.75 Å². The molecule has 7 nitrogen and oxygen atoms in total. The van der Waals surface area contributed by atoms with Crippen molar-refractivity contribution in [3.63, 3.8) is 0 Å². The van der Waals surface area contributed by atoms with Gasteiger partial charge in [-0.1, -0.05) is 44.7 Å². The summed E-state index contributed by atoms with van der Waals surface area (Å²) in [5, 5.41) is 12.2. The van der Waals surface area contributed by atoms with Crippen LogP contribution < -0.4 is 74.2 Å². The number of hydrogen-bond acceptors (Lipinski definition) is 6. The number of phenols is 1. The summed E-state index contributed by atoms with van der Waals surface area (Å²) in [5.74, 6) is -0.284. The van der Waals surface area contributed by atoms with E-state index in [4.69, 9.17) is 0 Å². The molecule has 1 amide bonds. The summed E-state index contributed by atoms with van der Waals surface area (Å²) in [5.41, 5.74) is 0.461. The number of amides is 1. The minimum atomic E-state index is -5.14. The Labute approximate surface area is 199 Å². The average molecular weight is 403 g/mol. The van der Waals surface area contributed by atoms with Crippen LogP contribution in [0, 0.1) is 0 Å². The normalized spacial score (nSPS) is 11.8. The number of phosphoric ester groups is 1. The van der Waals surface area contributed by atoms with E-state index in [2.05, 4.69) is 16.8 Å². The number of carbonyl (C=O) groups is 1. The molecule has 2 N–H and O–H groups in total. The number of rotatable bonds is 11. The van der Waals surface area contributed by atoms with Gasteiger partial charge in [0.05, 0.1) is 20.5 Å². The molecule has 26 heavy (non-hydrogen) atoms. The molecule has 1 unspecified atom stereocenters. The summed E-state index contributed by atoms with van der Waals surface area (Å²) < 4.78 is 15.0. The average Bonchev–Trinajstić information content (AvgIpc) is 2.50. The van der Waals surface area contributed by atoms with Crippen molar-refractivity contribution >= 4 is 13.7 Å². The van der Waals surface area contributed by atoms with Gasteiger partial charge in [0.15, 0.2) is 0 Å². The second-order valence-corrected chi connectivity index (χ2v) is 6.77. The number of phosphoric acid groups is 1. The molecule has 1 aromatic rings. The molecule has 0 bridgehead atoms. The maximum atomic E-state index is 12.0. The Balaban J connectivity index is 0. The van der Waals surface area contributed by atoms with E-state index in [1.54, 1.807) is 12.1 Å². The van der Waals surface area contributed by atoms with Crippen LogP contribution in [-0.2, 0) is 13.9 Å². The minimum Gasteiger partial charge on any atom is -0.790 e. The molecule has 0 saturated heterocycles. The van der Waals surface area contributed by atoms with Crippen molar-refractivity contribution in [3.8, 4) is 5.75 Å². The molecule has 10 heteroatoms. The number of benzene rings is 1. The largest absolute Gasteiger partial charge is 1.00 e. The van der Waals surface area contributed by atoms with Crippen LogP contribution in [-0.4, -0.2) is 17.6 Å². The van der Waals surface area contributed by atoms with Crippen molar-refractivity contribution in [2.24, 2.45) is 0 Å². The SMILES string of the molecule is CCCCCCCC(=O)NC(COP(=O)([O-])[O-])c1cccc(O)c1.[Na+].[Na+]. The van der Waals surface area contributed by atoms with Crippen molar-refractivity contribution in [3.05, 3.63) is 29.8 Å². The van der Waals surface area contributed by atoms with Gasteiger partial charge < -0.3 is 29.3 Å². The molecule has 136 valence electrons. The summed E-state index contributed by atoms with van der Waals surface area (Å²) in [6.07, 6.45) is 5.31. The zero-order valence-corrected chi connectivity index (χ0v) is 20.7. The summed E-state index contributed by atoms with van der Waals surface area (Å²) in [7, 11) is -5.14. The van der Waals surface area contributed by atoms with E-state index in [0.29, 0.717) is 12.0 Å². The van der Waals surface area contributed by atoms with Gasteiger partial charge in [0.1, 0.15) is 5.75 Å². The van der Waals surface area contributed by atoms with Crippen molar-refractivity contribution in [1.82, 2.24) is 5.32 Å². The Morgan fingerprint density at radius 2 is 1.88 bits per heavy atom. The van der Waals surface area contributed by atoms with Crippen LogP contribution in [0.4, 0.5) is 0 Å². The molecular formula is C16H24NNa2O6P. The predicted octanol–water partition coefficient (Wildman–Crippen LogP) is -4.24. The Morgan fingerprint density at radius 3 is 2.46 bits per heavy atom. The summed E-state index contributed by atoms with van der Waals surface area (Å²) in [4.78, 5) is 33.4. The van der Waals surface area contributed by atoms with Crippen LogP contribution in [0.3, 0.4) is 0 Å². The van der Waals surface area contributed by atoms with Crippen molar-refractivity contribution < 1.29 is 87.9 Å². The van der Waals surface area contributed by atoms with E-state index in [1.807, 2.05) is 0 Å². The maximum absolute atomic E-state index is 12.0. The monoisotopic (exact) mass is 403 g/mol. The summed E-state index contributed by atoms with van der Waals surface area (Å²) in [6.45, 7) is 1.60. The molecule has 0 spiro atoms. The smallest absolute Gasteiger partial charge is 0.790 e. The molecule has 0 radical (unpaired) electrons. The first-order chi connectivity index (χ1) is 11.3. The Bertz CT molecular complexity index is 569. The molecule has 0 heterocycles. The first-order valence-electron chi connectivity index (χ1n) is 8.06. The van der Waals surface area contributed by atoms with Gasteiger partial charge in [-0.05, 0) is 24.1 Å². The van der Waals surface area contributed by atoms with E-state index in [0.717, 1.165) is 32.1 Å². The predicted molar refractivity (Wildman–Crippen MR) is 85.9 cm³/mol. The molecule has 0 aromatic heterocycles. The van der Waals surface area contributed by atoms with Crippen LogP contribution in [0.2, 0.25) is 0 Å². The fourth-order valence-corrected chi connectivity index (χ4v) is 2.62. The standard InChI is InChI=1S/C16H26NO6P.2Na/c1-2-3-4-5-6-10-16(19)17-15(12-23-24(20,21)22)13-8-7-9-14(18)11-13;;/h7-9,11,15,18H,2-6,10,12H2,1H3,(H,17,19)(H2,20,21,22);;/q;2*+1/p-2. The topological polar surface area (TPSA) is 122 Å². The number of hydrogen-bond donors (Lipinski definition) is 2. The van der Waals surface area contributed by atoms with E-state index in [-0.39, 0.29) is 70.8 Å². The second kappa shape index (κ2) is 15.5. The van der Waals surface area contributed by atoms with Gasteiger partial charge in [0, 0.05) is 6.42 Å². The number of phenolic OH excluding ortho intramolecular Hbond substituents is 1. The van der Waals surface area contributed by atoms with E-state index >= 15 is 0 Å². The zero-order chi connectivity index (χ0) is 18.0. The molecule has 1 aromatic carbocycles. The first-order valence-corrected chi connectivity index (χ1v) is 9.52. The third kappa shape index (κ3) is 13.7. The number of nitrogens with one attached hydrogen (secondary N) is 1. The van der Waals surface area contributed by atoms with Crippen molar-refractivity contribution in [1.29, 1.82) is 0 Å². The number of aromatic hydroxyl groups is 1. The van der Waals surface area contributed by atoms with Gasteiger partial charge >= 0.3 is 59.1 Å². The molecule has 0 saturated carbocycles. The third-order valence-corrected chi connectivity index (χ3v) is 3.98. The van der Waals surface area contributed by atoms with E-state index in [1.165, 1.54) is 12.1 Å². The second-order valence-electron chi connectivity index (χ2n) is 5.62. The number of unbranched alkanes of at least 4 members (excludes halogenated alkanes) is 4. The van der Waals surface area contributed by atoms with Crippen LogP contribution >= 0.6 is 7.82 Å². The Kier molecular flexibility index (Phi) is 17.2. The molecule has 1 rings (SSSR count). The Morgan fingerprint density at radius 1 is 1.23 bits per heavy atom. The third-order valence-electron chi connectivity index (χ3n) is 3.51. The van der Waals surface area contributed by atoms with Gasteiger partial charge in [-0.3, -0.25) is 4.79 Å². The quantitative estimate of drug-likeness (QED) is 0.219. The van der Waals surface area contributed by atoms with E-state index in [9.17, 15) is 24.3 Å². The fourth-order valence-electron chi connectivity index (χ4n) is 2.28. The molecular weight excluding hydrogens is 379 g/mol. The zero-order valence-electron chi connectivity index (χ0n) is 15.8. The minimum absolute atomic E-state index is 0. The molecule has 0 aliphatic carbocycles. The molecule has 0 aliphatic heterocycles. The maximum Gasteiger partial charge on any atom is 1.00 e. The van der Waals surface area contributed by atoms with Gasteiger partial charge in [-0.2, -0.15) is 0 Å². The molecule has 0 aliphatic rings. The van der Waals surface area contributed by atoms with Crippen molar-refractivity contribution in [2.45, 2.75) is 51.5 Å². The number of carbonyl (C=O) groups excluding carboxylic acids is 1. The fraction of sp³-hybridized carbons (Fsp3) is 0.562. The van der Waals surface area contributed by atoms with E-state index < -0.39 is 20.5 Å². The summed E-state index contributed by atoms with van der Waals surface area (Å²) >= 11 is 0. The van der Waals surface area contributed by atoms with Crippen molar-refractivity contribution in [2.75, 3.05) is 6.61 Å². The van der Waals surface area contributed by atoms with Crippen LogP contribution in [0.15, 0.2) is 24.3 Å². The van der Waals surface area contributed by atoms with Gasteiger partial charge in [-0.25, -0.2) is 0 Å². The summed E-state index contributed by atoms with van der Waals surface area (Å²) in [6, 6.07) is 5.17. The van der Waals surface area contributed by atoms with Gasteiger partial charge in [-0.15, -0.1) is 0 Å². The molecule has 1 atom stereocenters.